The molecule has 1 aliphatic heterocycles. The van der Waals surface area contributed by atoms with Crippen LogP contribution in [0.1, 0.15) is 12.0 Å². The van der Waals surface area contributed by atoms with Crippen molar-refractivity contribution >= 4 is 28.8 Å². The number of halogens is 2. The summed E-state index contributed by atoms with van der Waals surface area (Å²) >= 11 is 11.9. The molecule has 16 heavy (non-hydrogen) atoms. The second kappa shape index (κ2) is 5.19. The van der Waals surface area contributed by atoms with Crippen LogP contribution >= 0.6 is 23.2 Å². The van der Waals surface area contributed by atoms with E-state index in [2.05, 4.69) is 5.32 Å². The van der Waals surface area contributed by atoms with Gasteiger partial charge >= 0.3 is 0 Å². The van der Waals surface area contributed by atoms with Gasteiger partial charge < -0.3 is 10.4 Å². The summed E-state index contributed by atoms with van der Waals surface area (Å²) in [4.78, 5) is 0. The maximum Gasteiger partial charge on any atom is 0.0660 e. The molecule has 0 saturated heterocycles. The van der Waals surface area contributed by atoms with E-state index >= 15 is 0 Å². The number of nitrogens with one attached hydrogen (secondary N) is 1. The van der Waals surface area contributed by atoms with Crippen molar-refractivity contribution in [3.8, 4) is 0 Å². The normalized spacial score (nSPS) is 16.7. The van der Waals surface area contributed by atoms with Crippen molar-refractivity contribution in [1.29, 1.82) is 0 Å². The van der Waals surface area contributed by atoms with Gasteiger partial charge in [-0.15, -0.1) is 0 Å². The van der Waals surface area contributed by atoms with E-state index in [9.17, 15) is 5.11 Å². The minimum absolute atomic E-state index is 0.0859. The molecular weight excluding hydrogens is 245 g/mol. The largest absolute Gasteiger partial charge is 0.392 e. The van der Waals surface area contributed by atoms with E-state index in [-0.39, 0.29) is 6.61 Å². The van der Waals surface area contributed by atoms with Gasteiger partial charge in [0.15, 0.2) is 0 Å². The summed E-state index contributed by atoms with van der Waals surface area (Å²) in [6, 6.07) is 5.61. The molecule has 0 unspecified atom stereocenters. The van der Waals surface area contributed by atoms with Crippen LogP contribution < -0.4 is 5.32 Å². The van der Waals surface area contributed by atoms with Gasteiger partial charge in [0, 0.05) is 6.54 Å². The molecule has 0 bridgehead atoms. The van der Waals surface area contributed by atoms with Crippen LogP contribution in [-0.2, 0) is 0 Å². The molecule has 2 rings (SSSR count). The smallest absolute Gasteiger partial charge is 0.0660 e. The molecule has 0 fully saturated rings. The summed E-state index contributed by atoms with van der Waals surface area (Å²) in [6.45, 7) is 1.76. The standard InChI is InChI=1S/C12H13Cl2NO/c13-11-2-1-8(5-12(11)14)10-3-4-15-6-9(10)7-16/h1-2,5,15-16H,3-4,6-7H2. The summed E-state index contributed by atoms with van der Waals surface area (Å²) in [5.41, 5.74) is 3.27. The third-order valence-corrected chi connectivity index (χ3v) is 3.51. The van der Waals surface area contributed by atoms with E-state index in [1.807, 2.05) is 12.1 Å². The number of rotatable bonds is 2. The molecule has 0 saturated carbocycles. The first-order valence-electron chi connectivity index (χ1n) is 5.20. The van der Waals surface area contributed by atoms with Gasteiger partial charge in [-0.1, -0.05) is 29.3 Å². The number of aliphatic hydroxyl groups is 1. The van der Waals surface area contributed by atoms with Crippen LogP contribution in [0.2, 0.25) is 10.0 Å². The lowest BCUT2D eigenvalue weighted by Crippen LogP contribution is -2.26. The predicted molar refractivity (Wildman–Crippen MR) is 68.0 cm³/mol. The summed E-state index contributed by atoms with van der Waals surface area (Å²) in [5.74, 6) is 0. The molecular formula is C12H13Cl2NO. The number of aliphatic hydroxyl groups excluding tert-OH is 1. The van der Waals surface area contributed by atoms with Gasteiger partial charge in [0.25, 0.3) is 0 Å². The minimum Gasteiger partial charge on any atom is -0.392 e. The molecule has 0 amide bonds. The molecule has 0 aromatic heterocycles. The first-order valence-corrected chi connectivity index (χ1v) is 5.96. The SMILES string of the molecule is OCC1=C(c2ccc(Cl)c(Cl)c2)CCNC1. The summed E-state index contributed by atoms with van der Waals surface area (Å²) in [6.07, 6.45) is 0.911. The van der Waals surface area contributed by atoms with E-state index in [0.29, 0.717) is 10.0 Å². The van der Waals surface area contributed by atoms with Crippen LogP contribution in [-0.4, -0.2) is 24.8 Å². The molecule has 0 aliphatic carbocycles. The van der Waals surface area contributed by atoms with Crippen molar-refractivity contribution in [3.63, 3.8) is 0 Å². The summed E-state index contributed by atoms with van der Waals surface area (Å²) < 4.78 is 0. The van der Waals surface area contributed by atoms with Gasteiger partial charge in [0.05, 0.1) is 16.7 Å². The lowest BCUT2D eigenvalue weighted by molar-refractivity contribution is 0.326. The third-order valence-electron chi connectivity index (χ3n) is 2.78. The Hall–Kier alpha value is -0.540. The second-order valence-corrected chi connectivity index (χ2v) is 4.61. The molecule has 0 atom stereocenters. The van der Waals surface area contributed by atoms with Crippen molar-refractivity contribution in [2.24, 2.45) is 0 Å². The Bertz CT molecular complexity index is 429. The van der Waals surface area contributed by atoms with Crippen molar-refractivity contribution in [2.45, 2.75) is 6.42 Å². The van der Waals surface area contributed by atoms with Crippen molar-refractivity contribution in [2.75, 3.05) is 19.7 Å². The quantitative estimate of drug-likeness (QED) is 0.854. The highest BCUT2D eigenvalue weighted by Gasteiger charge is 2.13. The van der Waals surface area contributed by atoms with Gasteiger partial charge in [-0.2, -0.15) is 0 Å². The average molecular weight is 258 g/mol. The third kappa shape index (κ3) is 2.41. The first-order chi connectivity index (χ1) is 7.72. The fourth-order valence-electron chi connectivity index (χ4n) is 1.92. The Kier molecular flexibility index (Phi) is 3.87. The monoisotopic (exact) mass is 257 g/mol. The fourth-order valence-corrected chi connectivity index (χ4v) is 2.22. The van der Waals surface area contributed by atoms with Gasteiger partial charge in [0.2, 0.25) is 0 Å². The van der Waals surface area contributed by atoms with E-state index in [1.165, 1.54) is 5.57 Å². The zero-order valence-corrected chi connectivity index (χ0v) is 10.3. The highest BCUT2D eigenvalue weighted by Crippen LogP contribution is 2.30. The van der Waals surface area contributed by atoms with Crippen LogP contribution in [0.4, 0.5) is 0 Å². The zero-order valence-electron chi connectivity index (χ0n) is 8.76. The number of benzene rings is 1. The molecule has 1 aromatic rings. The van der Waals surface area contributed by atoms with Gasteiger partial charge in [-0.05, 0) is 41.8 Å². The Balaban J connectivity index is 2.41. The first kappa shape index (κ1) is 11.9. The molecule has 1 aromatic carbocycles. The van der Waals surface area contributed by atoms with E-state index in [1.54, 1.807) is 6.07 Å². The van der Waals surface area contributed by atoms with Crippen LogP contribution in [0.5, 0.6) is 0 Å². The highest BCUT2D eigenvalue weighted by molar-refractivity contribution is 6.42. The molecule has 1 heterocycles. The molecule has 0 spiro atoms. The summed E-state index contributed by atoms with van der Waals surface area (Å²) in [5, 5.41) is 13.6. The molecule has 2 nitrogen and oxygen atoms in total. The Labute approximate surface area is 105 Å². The topological polar surface area (TPSA) is 32.3 Å². The van der Waals surface area contributed by atoms with Crippen LogP contribution in [0.15, 0.2) is 23.8 Å². The maximum absolute atomic E-state index is 9.29. The highest BCUT2D eigenvalue weighted by atomic mass is 35.5. The van der Waals surface area contributed by atoms with Gasteiger partial charge in [-0.3, -0.25) is 0 Å². The molecule has 1 aliphatic rings. The maximum atomic E-state index is 9.29. The Morgan fingerprint density at radius 1 is 1.25 bits per heavy atom. The predicted octanol–water partition coefficient (Wildman–Crippen LogP) is 2.73. The molecule has 0 radical (unpaired) electrons. The zero-order chi connectivity index (χ0) is 11.5. The minimum atomic E-state index is 0.0859. The second-order valence-electron chi connectivity index (χ2n) is 3.80. The number of hydrogen-bond donors (Lipinski definition) is 2. The number of hydrogen-bond acceptors (Lipinski definition) is 2. The lowest BCUT2D eigenvalue weighted by Gasteiger charge is -2.20. The average Bonchev–Trinajstić information content (AvgIpc) is 2.32. The Morgan fingerprint density at radius 3 is 2.75 bits per heavy atom. The van der Waals surface area contributed by atoms with E-state index in [0.717, 1.165) is 30.6 Å². The van der Waals surface area contributed by atoms with Crippen LogP contribution in [0, 0.1) is 0 Å². The van der Waals surface area contributed by atoms with Gasteiger partial charge in [-0.25, -0.2) is 0 Å². The van der Waals surface area contributed by atoms with Crippen LogP contribution in [0.25, 0.3) is 5.57 Å². The lowest BCUT2D eigenvalue weighted by atomic mass is 9.95. The fraction of sp³-hybridized carbons (Fsp3) is 0.333. The van der Waals surface area contributed by atoms with Crippen molar-refractivity contribution < 1.29 is 5.11 Å². The van der Waals surface area contributed by atoms with Crippen molar-refractivity contribution in [3.05, 3.63) is 39.4 Å². The van der Waals surface area contributed by atoms with E-state index in [4.69, 9.17) is 23.2 Å². The van der Waals surface area contributed by atoms with E-state index < -0.39 is 0 Å². The molecule has 2 N–H and O–H groups in total. The van der Waals surface area contributed by atoms with Crippen molar-refractivity contribution in [1.82, 2.24) is 5.32 Å². The van der Waals surface area contributed by atoms with Gasteiger partial charge in [0.1, 0.15) is 0 Å². The Morgan fingerprint density at radius 2 is 2.06 bits per heavy atom. The summed E-state index contributed by atoms with van der Waals surface area (Å²) in [7, 11) is 0. The van der Waals surface area contributed by atoms with Crippen LogP contribution in [0.3, 0.4) is 0 Å². The molecule has 4 heteroatoms. The molecule has 86 valence electrons.